The van der Waals surface area contributed by atoms with E-state index in [1.54, 1.807) is 12.1 Å². The van der Waals surface area contributed by atoms with Crippen LogP contribution in [0.5, 0.6) is 5.75 Å². The average Bonchev–Trinajstić information content (AvgIpc) is 2.73. The summed E-state index contributed by atoms with van der Waals surface area (Å²) in [4.78, 5) is 0. The van der Waals surface area contributed by atoms with Crippen LogP contribution in [-0.4, -0.2) is 5.11 Å². The Balaban J connectivity index is 0.000000221. The summed E-state index contributed by atoms with van der Waals surface area (Å²) in [6.07, 6.45) is 0. The molecule has 0 aliphatic rings. The van der Waals surface area contributed by atoms with Crippen molar-refractivity contribution in [1.82, 2.24) is 0 Å². The minimum Gasteiger partial charge on any atom is -0.507 e. The third-order valence-corrected chi connectivity index (χ3v) is 7.25. The third-order valence-electron chi connectivity index (χ3n) is 3.90. The summed E-state index contributed by atoms with van der Waals surface area (Å²) in [5.41, 5.74) is 0. The van der Waals surface area contributed by atoms with E-state index in [4.69, 9.17) is 5.11 Å². The van der Waals surface area contributed by atoms with Crippen LogP contribution in [0.25, 0.3) is 0 Å². The molecule has 0 amide bonds. The molecule has 1 N–H and O–H groups in total. The Morgan fingerprint density at radius 2 is 0.815 bits per heavy atom. The van der Waals surface area contributed by atoms with Crippen molar-refractivity contribution in [3.63, 3.8) is 0 Å². The minimum atomic E-state index is -0.446. The van der Waals surface area contributed by atoms with Crippen molar-refractivity contribution in [2.45, 2.75) is 0 Å². The lowest BCUT2D eigenvalue weighted by Gasteiger charge is -2.18. The molecule has 0 spiro atoms. The molecule has 0 fully saturated rings. The summed E-state index contributed by atoms with van der Waals surface area (Å²) >= 11 is 2.07. The van der Waals surface area contributed by atoms with Gasteiger partial charge in [0.15, 0.2) is 0 Å². The zero-order valence-corrected chi connectivity index (χ0v) is 17.8. The summed E-state index contributed by atoms with van der Waals surface area (Å²) in [5, 5.41) is 13.1. The fourth-order valence-corrected chi connectivity index (χ4v) is 5.32. The summed E-state index contributed by atoms with van der Waals surface area (Å²) in [5.74, 6) is 0.355. The normalized spacial score (nSPS) is 10.1. The molecule has 0 radical (unpaired) electrons. The molecule has 0 heterocycles. The first kappa shape index (κ1) is 19.6. The summed E-state index contributed by atoms with van der Waals surface area (Å²) in [7, 11) is -0.446. The van der Waals surface area contributed by atoms with E-state index in [0.29, 0.717) is 5.75 Å². The Morgan fingerprint density at radius 1 is 0.481 bits per heavy atom. The molecule has 0 atom stereocenters. The Hall–Kier alpha value is -2.16. The SMILES string of the molecule is Oc1ccccc1I.c1ccc(P(c2ccccc2)c2ccccc2)cc1. The summed E-state index contributed by atoms with van der Waals surface area (Å²) in [6.45, 7) is 0. The minimum absolute atomic E-state index is 0.355. The van der Waals surface area contributed by atoms with Gasteiger partial charge in [0.2, 0.25) is 0 Å². The molecule has 1 nitrogen and oxygen atoms in total. The van der Waals surface area contributed by atoms with Crippen molar-refractivity contribution in [1.29, 1.82) is 0 Å². The molecule has 0 bridgehead atoms. The van der Waals surface area contributed by atoms with Gasteiger partial charge >= 0.3 is 0 Å². The number of phenolic OH excluding ortho intramolecular Hbond substituents is 1. The van der Waals surface area contributed by atoms with Crippen molar-refractivity contribution in [2.24, 2.45) is 0 Å². The third kappa shape index (κ3) is 5.66. The number of halogens is 1. The van der Waals surface area contributed by atoms with E-state index in [-0.39, 0.29) is 0 Å². The highest BCUT2D eigenvalue weighted by molar-refractivity contribution is 14.1. The monoisotopic (exact) mass is 482 g/mol. The van der Waals surface area contributed by atoms with Crippen LogP contribution >= 0.6 is 30.5 Å². The highest BCUT2D eigenvalue weighted by Crippen LogP contribution is 2.32. The number of para-hydroxylation sites is 1. The quantitative estimate of drug-likeness (QED) is 0.305. The average molecular weight is 482 g/mol. The van der Waals surface area contributed by atoms with Gasteiger partial charge < -0.3 is 5.11 Å². The van der Waals surface area contributed by atoms with Crippen LogP contribution < -0.4 is 15.9 Å². The van der Waals surface area contributed by atoms with E-state index in [1.165, 1.54) is 15.9 Å². The van der Waals surface area contributed by atoms with Crippen molar-refractivity contribution >= 4 is 46.4 Å². The number of phenols is 1. The van der Waals surface area contributed by atoms with Gasteiger partial charge in [0.05, 0.1) is 3.57 Å². The number of rotatable bonds is 3. The zero-order valence-electron chi connectivity index (χ0n) is 14.7. The summed E-state index contributed by atoms with van der Waals surface area (Å²) < 4.78 is 0.894. The first-order chi connectivity index (χ1) is 13.3. The standard InChI is InChI=1S/C18H15P.C6H5IO/c1-4-10-16(11-5-1)19(17-12-6-2-7-13-17)18-14-8-3-9-15-18;7-5-3-1-2-4-6(5)8/h1-15H;1-4,8H. The molecule has 4 aromatic carbocycles. The lowest BCUT2D eigenvalue weighted by atomic mass is 10.3. The van der Waals surface area contributed by atoms with Crippen molar-refractivity contribution in [3.8, 4) is 5.75 Å². The molecule has 0 aliphatic heterocycles. The van der Waals surface area contributed by atoms with Crippen LogP contribution in [-0.2, 0) is 0 Å². The van der Waals surface area contributed by atoms with E-state index in [0.717, 1.165) is 3.57 Å². The highest BCUT2D eigenvalue weighted by atomic mass is 127. The highest BCUT2D eigenvalue weighted by Gasteiger charge is 2.14. The maximum Gasteiger partial charge on any atom is 0.128 e. The van der Waals surface area contributed by atoms with Crippen molar-refractivity contribution in [3.05, 3.63) is 119 Å². The van der Waals surface area contributed by atoms with Crippen LogP contribution in [0.15, 0.2) is 115 Å². The molecule has 0 aromatic heterocycles. The molecule has 134 valence electrons. The zero-order chi connectivity index (χ0) is 18.9. The number of hydrogen-bond donors (Lipinski definition) is 1. The van der Waals surface area contributed by atoms with Crippen LogP contribution in [0.2, 0.25) is 0 Å². The van der Waals surface area contributed by atoms with E-state index in [2.05, 4.69) is 114 Å². The van der Waals surface area contributed by atoms with E-state index >= 15 is 0 Å². The molecule has 3 heteroatoms. The predicted octanol–water partition coefficient (Wildman–Crippen LogP) is 5.44. The maximum absolute atomic E-state index is 8.91. The van der Waals surface area contributed by atoms with Gasteiger partial charge in [-0.15, -0.1) is 0 Å². The van der Waals surface area contributed by atoms with Crippen molar-refractivity contribution in [2.75, 3.05) is 0 Å². The van der Waals surface area contributed by atoms with Crippen LogP contribution in [0.3, 0.4) is 0 Å². The summed E-state index contributed by atoms with van der Waals surface area (Å²) in [6, 6.07) is 39.5. The largest absolute Gasteiger partial charge is 0.507 e. The topological polar surface area (TPSA) is 20.2 Å². The lowest BCUT2D eigenvalue weighted by Crippen LogP contribution is -2.20. The van der Waals surface area contributed by atoms with Gasteiger partial charge in [0, 0.05) is 0 Å². The molecule has 4 aromatic rings. The maximum atomic E-state index is 8.91. The number of hydrogen-bond acceptors (Lipinski definition) is 1. The second-order valence-corrected chi connectivity index (χ2v) is 9.18. The first-order valence-electron chi connectivity index (χ1n) is 8.64. The smallest absolute Gasteiger partial charge is 0.128 e. The Morgan fingerprint density at radius 3 is 1.11 bits per heavy atom. The molecular weight excluding hydrogens is 462 g/mol. The molecule has 0 saturated carbocycles. The molecule has 27 heavy (non-hydrogen) atoms. The van der Waals surface area contributed by atoms with Gasteiger partial charge in [0.1, 0.15) is 5.75 Å². The molecule has 0 unspecified atom stereocenters. The van der Waals surface area contributed by atoms with Gasteiger partial charge in [-0.05, 0) is 58.6 Å². The van der Waals surface area contributed by atoms with Gasteiger partial charge in [-0.25, -0.2) is 0 Å². The molecule has 0 saturated heterocycles. The van der Waals surface area contributed by atoms with Gasteiger partial charge in [0.25, 0.3) is 0 Å². The Bertz CT molecular complexity index is 829. The van der Waals surface area contributed by atoms with Crippen LogP contribution in [0.4, 0.5) is 0 Å². The molecule has 0 aliphatic carbocycles. The number of aromatic hydroxyl groups is 1. The first-order valence-corrected chi connectivity index (χ1v) is 11.1. The van der Waals surface area contributed by atoms with E-state index < -0.39 is 7.92 Å². The molecular formula is C24H20IOP. The second-order valence-electron chi connectivity index (χ2n) is 5.79. The van der Waals surface area contributed by atoms with E-state index in [1.807, 2.05) is 12.1 Å². The van der Waals surface area contributed by atoms with Crippen LogP contribution in [0.1, 0.15) is 0 Å². The van der Waals surface area contributed by atoms with Crippen molar-refractivity contribution < 1.29 is 5.11 Å². The van der Waals surface area contributed by atoms with Gasteiger partial charge in [-0.1, -0.05) is 103 Å². The molecule has 4 rings (SSSR count). The second kappa shape index (κ2) is 10.2. The van der Waals surface area contributed by atoms with E-state index in [9.17, 15) is 0 Å². The van der Waals surface area contributed by atoms with Crippen LogP contribution in [0, 0.1) is 3.57 Å². The Labute approximate surface area is 175 Å². The fraction of sp³-hybridized carbons (Fsp3) is 0. The predicted molar refractivity (Wildman–Crippen MR) is 126 cm³/mol. The van der Waals surface area contributed by atoms with Gasteiger partial charge in [-0.3, -0.25) is 0 Å². The Kier molecular flexibility index (Phi) is 7.44. The van der Waals surface area contributed by atoms with Gasteiger partial charge in [-0.2, -0.15) is 0 Å². The fourth-order valence-electron chi connectivity index (χ4n) is 2.63. The number of benzene rings is 4. The lowest BCUT2D eigenvalue weighted by molar-refractivity contribution is 0.471.